The predicted molar refractivity (Wildman–Crippen MR) is 107 cm³/mol. The molecule has 2 aromatic carbocycles. The lowest BCUT2D eigenvalue weighted by Gasteiger charge is -2.10. The number of hydrogen-bond donors (Lipinski definition) is 0. The van der Waals surface area contributed by atoms with E-state index in [1.54, 1.807) is 32.4 Å². The molecule has 3 rings (SSSR count). The Morgan fingerprint density at radius 3 is 2.41 bits per heavy atom. The molecule has 0 radical (unpaired) electrons. The smallest absolute Gasteiger partial charge is 0.343 e. The number of ether oxygens (including phenoxy) is 4. The number of hydrogen-bond acceptors (Lipinski definition) is 5. The minimum atomic E-state index is -0.409. The molecule has 0 atom stereocenters. The van der Waals surface area contributed by atoms with Gasteiger partial charge in [0.1, 0.15) is 23.0 Å². The van der Waals surface area contributed by atoms with Crippen LogP contribution in [0.4, 0.5) is 0 Å². The van der Waals surface area contributed by atoms with Crippen molar-refractivity contribution in [3.63, 3.8) is 0 Å². The van der Waals surface area contributed by atoms with Gasteiger partial charge in [0.15, 0.2) is 0 Å². The van der Waals surface area contributed by atoms with E-state index in [1.807, 2.05) is 37.3 Å². The molecule has 6 heteroatoms. The third-order valence-corrected chi connectivity index (χ3v) is 4.61. The first-order valence-electron chi connectivity index (χ1n) is 8.36. The van der Waals surface area contributed by atoms with Crippen LogP contribution in [0.3, 0.4) is 0 Å². The summed E-state index contributed by atoms with van der Waals surface area (Å²) in [5.41, 5.74) is 1.98. The number of rotatable bonds is 6. The molecular weight excluding hydrogens is 412 g/mol. The van der Waals surface area contributed by atoms with Crippen molar-refractivity contribution >= 4 is 33.7 Å². The predicted octanol–water partition coefficient (Wildman–Crippen LogP) is 4.85. The minimum absolute atomic E-state index is 0.409. The maximum absolute atomic E-state index is 12.3. The van der Waals surface area contributed by atoms with Crippen LogP contribution in [0.5, 0.6) is 17.2 Å². The van der Waals surface area contributed by atoms with Gasteiger partial charge in [0, 0.05) is 17.2 Å². The second-order valence-electron chi connectivity index (χ2n) is 5.68. The van der Waals surface area contributed by atoms with Gasteiger partial charge in [0.05, 0.1) is 30.9 Å². The standard InChI is InChI=1S/C21H19BrO5/c1-4-26-16-7-5-13(6-8-16)19-11-15(21(23)27-19)9-14-10-17(22)20(25-3)12-18(14)24-2/h5-12H,4H2,1-3H3/b15-9-. The first-order valence-corrected chi connectivity index (χ1v) is 9.15. The summed E-state index contributed by atoms with van der Waals surface area (Å²) in [5, 5.41) is 0. The van der Waals surface area contributed by atoms with E-state index in [4.69, 9.17) is 18.9 Å². The summed E-state index contributed by atoms with van der Waals surface area (Å²) in [4.78, 5) is 12.3. The monoisotopic (exact) mass is 430 g/mol. The molecule has 5 nitrogen and oxygen atoms in total. The number of cyclic esters (lactones) is 1. The van der Waals surface area contributed by atoms with E-state index in [2.05, 4.69) is 15.9 Å². The zero-order valence-corrected chi connectivity index (χ0v) is 16.8. The van der Waals surface area contributed by atoms with Crippen molar-refractivity contribution in [1.82, 2.24) is 0 Å². The Balaban J connectivity index is 1.93. The molecule has 0 unspecified atom stereocenters. The summed E-state index contributed by atoms with van der Waals surface area (Å²) in [6, 6.07) is 11.0. The molecule has 2 aromatic rings. The highest BCUT2D eigenvalue weighted by Gasteiger charge is 2.23. The molecule has 0 aromatic heterocycles. The molecule has 0 saturated carbocycles. The van der Waals surface area contributed by atoms with Crippen molar-refractivity contribution in [1.29, 1.82) is 0 Å². The zero-order chi connectivity index (χ0) is 19.4. The van der Waals surface area contributed by atoms with E-state index >= 15 is 0 Å². The van der Waals surface area contributed by atoms with Crippen LogP contribution in [0.2, 0.25) is 0 Å². The molecule has 0 spiro atoms. The van der Waals surface area contributed by atoms with Gasteiger partial charge in [-0.15, -0.1) is 0 Å². The first-order chi connectivity index (χ1) is 13.0. The van der Waals surface area contributed by atoms with Crippen molar-refractivity contribution in [3.05, 3.63) is 63.6 Å². The third-order valence-electron chi connectivity index (χ3n) is 3.99. The van der Waals surface area contributed by atoms with E-state index in [0.29, 0.717) is 29.4 Å². The number of benzene rings is 2. The van der Waals surface area contributed by atoms with Gasteiger partial charge in [-0.05, 0) is 65.3 Å². The summed E-state index contributed by atoms with van der Waals surface area (Å²) < 4.78 is 22.3. The molecule has 1 heterocycles. The molecule has 0 saturated heterocycles. The SMILES string of the molecule is CCOc1ccc(C2=C/C(=C/c3cc(Br)c(OC)cc3OC)C(=O)O2)cc1. The highest BCUT2D eigenvalue weighted by Crippen LogP contribution is 2.35. The quantitative estimate of drug-likeness (QED) is 0.484. The van der Waals surface area contributed by atoms with E-state index in [-0.39, 0.29) is 0 Å². The molecule has 0 bridgehead atoms. The molecule has 27 heavy (non-hydrogen) atoms. The lowest BCUT2D eigenvalue weighted by molar-refractivity contribution is -0.130. The second kappa shape index (κ2) is 8.31. The first kappa shape index (κ1) is 19.0. The summed E-state index contributed by atoms with van der Waals surface area (Å²) in [7, 11) is 3.15. The van der Waals surface area contributed by atoms with Crippen LogP contribution in [0.15, 0.2) is 52.5 Å². The largest absolute Gasteiger partial charge is 0.496 e. The van der Waals surface area contributed by atoms with Crippen LogP contribution >= 0.6 is 15.9 Å². The van der Waals surface area contributed by atoms with Gasteiger partial charge in [-0.2, -0.15) is 0 Å². The number of esters is 1. The fourth-order valence-corrected chi connectivity index (χ4v) is 3.20. The lowest BCUT2D eigenvalue weighted by atomic mass is 10.1. The van der Waals surface area contributed by atoms with Crippen LogP contribution in [-0.4, -0.2) is 26.8 Å². The average Bonchev–Trinajstić information content (AvgIpc) is 3.03. The molecule has 1 aliphatic rings. The van der Waals surface area contributed by atoms with Gasteiger partial charge in [-0.3, -0.25) is 0 Å². The van der Waals surface area contributed by atoms with Crippen molar-refractivity contribution in [2.24, 2.45) is 0 Å². The van der Waals surface area contributed by atoms with E-state index in [0.717, 1.165) is 21.3 Å². The molecule has 1 aliphatic heterocycles. The highest BCUT2D eigenvalue weighted by atomic mass is 79.9. The van der Waals surface area contributed by atoms with Crippen LogP contribution in [-0.2, 0) is 9.53 Å². The van der Waals surface area contributed by atoms with Crippen molar-refractivity contribution in [2.75, 3.05) is 20.8 Å². The maximum atomic E-state index is 12.3. The number of carbonyl (C=O) groups excluding carboxylic acids is 1. The molecule has 140 valence electrons. The van der Waals surface area contributed by atoms with Gasteiger partial charge >= 0.3 is 5.97 Å². The van der Waals surface area contributed by atoms with Gasteiger partial charge in [0.2, 0.25) is 0 Å². The van der Waals surface area contributed by atoms with Crippen molar-refractivity contribution in [2.45, 2.75) is 6.92 Å². The number of methoxy groups -OCH3 is 2. The summed E-state index contributed by atoms with van der Waals surface area (Å²) in [6.07, 6.45) is 3.45. The lowest BCUT2D eigenvalue weighted by Crippen LogP contribution is -1.98. The molecule has 0 amide bonds. The van der Waals surface area contributed by atoms with Crippen molar-refractivity contribution < 1.29 is 23.7 Å². The maximum Gasteiger partial charge on any atom is 0.343 e. The summed E-state index contributed by atoms with van der Waals surface area (Å²) in [6.45, 7) is 2.53. The van der Waals surface area contributed by atoms with Gasteiger partial charge in [0.25, 0.3) is 0 Å². The van der Waals surface area contributed by atoms with Crippen LogP contribution in [0.25, 0.3) is 11.8 Å². The Hall–Kier alpha value is -2.73. The molecule has 0 fully saturated rings. The van der Waals surface area contributed by atoms with E-state index in [1.165, 1.54) is 0 Å². The molecule has 0 aliphatic carbocycles. The third kappa shape index (κ3) is 4.17. The Kier molecular flexibility index (Phi) is 5.86. The van der Waals surface area contributed by atoms with Crippen LogP contribution in [0.1, 0.15) is 18.1 Å². The van der Waals surface area contributed by atoms with Gasteiger partial charge in [-0.1, -0.05) is 0 Å². The number of halogens is 1. The molecule has 0 N–H and O–H groups in total. The van der Waals surface area contributed by atoms with E-state index in [9.17, 15) is 4.79 Å². The van der Waals surface area contributed by atoms with Gasteiger partial charge < -0.3 is 18.9 Å². The highest BCUT2D eigenvalue weighted by molar-refractivity contribution is 9.10. The Morgan fingerprint density at radius 2 is 1.78 bits per heavy atom. The fraction of sp³-hybridized carbons (Fsp3) is 0.190. The summed E-state index contributed by atoms with van der Waals surface area (Å²) in [5.74, 6) is 2.11. The average molecular weight is 431 g/mol. The normalized spacial score (nSPS) is 14.7. The second-order valence-corrected chi connectivity index (χ2v) is 6.54. The topological polar surface area (TPSA) is 54.0 Å². The van der Waals surface area contributed by atoms with E-state index < -0.39 is 5.97 Å². The Labute approximate surface area is 166 Å². The zero-order valence-electron chi connectivity index (χ0n) is 15.2. The van der Waals surface area contributed by atoms with Crippen molar-refractivity contribution in [3.8, 4) is 17.2 Å². The van der Waals surface area contributed by atoms with Gasteiger partial charge in [-0.25, -0.2) is 4.79 Å². The minimum Gasteiger partial charge on any atom is -0.496 e. The number of carbonyl (C=O) groups is 1. The Morgan fingerprint density at radius 1 is 1.07 bits per heavy atom. The summed E-state index contributed by atoms with van der Waals surface area (Å²) >= 11 is 3.45. The Bertz CT molecular complexity index is 913. The fourth-order valence-electron chi connectivity index (χ4n) is 2.68. The van der Waals surface area contributed by atoms with Crippen LogP contribution < -0.4 is 14.2 Å². The van der Waals surface area contributed by atoms with Crippen LogP contribution in [0, 0.1) is 0 Å². The molecular formula is C21H19BrO5.